The van der Waals surface area contributed by atoms with E-state index in [9.17, 15) is 9.18 Å². The minimum atomic E-state index is -0.265. The molecule has 3 rings (SSSR count). The summed E-state index contributed by atoms with van der Waals surface area (Å²) in [5, 5.41) is 0. The topological polar surface area (TPSA) is 34.4 Å². The molecular formula is C20H19FN2OS. The predicted octanol–water partition coefficient (Wildman–Crippen LogP) is 4.50. The molecule has 0 bridgehead atoms. The zero-order valence-corrected chi connectivity index (χ0v) is 15.2. The number of hydrogen-bond acceptors (Lipinski definition) is 2. The van der Waals surface area contributed by atoms with Crippen LogP contribution in [0.25, 0.3) is 11.3 Å². The highest BCUT2D eigenvalue weighted by molar-refractivity contribution is 7.09. The average Bonchev–Trinajstić information content (AvgIpc) is 2.92. The monoisotopic (exact) mass is 354 g/mol. The maximum Gasteiger partial charge on any atom is 0.279 e. The van der Waals surface area contributed by atoms with E-state index in [4.69, 9.17) is 0 Å². The zero-order chi connectivity index (χ0) is 18.0. The maximum atomic E-state index is 13.2. The van der Waals surface area contributed by atoms with Gasteiger partial charge in [0.15, 0.2) is 4.80 Å². The van der Waals surface area contributed by atoms with Gasteiger partial charge in [0.25, 0.3) is 5.91 Å². The van der Waals surface area contributed by atoms with Crippen LogP contribution in [0.15, 0.2) is 53.5 Å². The molecule has 3 aromatic rings. The van der Waals surface area contributed by atoms with E-state index in [2.05, 4.69) is 11.9 Å². The lowest BCUT2D eigenvalue weighted by molar-refractivity contribution is 0.0997. The normalized spacial score (nSPS) is 11.8. The fourth-order valence-electron chi connectivity index (χ4n) is 2.77. The largest absolute Gasteiger partial charge is 0.319 e. The first-order valence-corrected chi connectivity index (χ1v) is 8.92. The molecule has 0 aliphatic carbocycles. The van der Waals surface area contributed by atoms with Gasteiger partial charge in [-0.1, -0.05) is 25.1 Å². The van der Waals surface area contributed by atoms with Crippen LogP contribution in [0.5, 0.6) is 0 Å². The molecule has 0 radical (unpaired) electrons. The number of carbonyl (C=O) groups is 1. The van der Waals surface area contributed by atoms with Gasteiger partial charge in [-0.15, -0.1) is 11.3 Å². The van der Waals surface area contributed by atoms with Crippen molar-refractivity contribution in [3.05, 3.63) is 75.2 Å². The summed E-state index contributed by atoms with van der Waals surface area (Å²) in [6, 6.07) is 13.8. The second-order valence-corrected chi connectivity index (χ2v) is 6.87. The van der Waals surface area contributed by atoms with Crippen molar-refractivity contribution in [3.8, 4) is 11.3 Å². The van der Waals surface area contributed by atoms with Gasteiger partial charge in [0, 0.05) is 17.5 Å². The van der Waals surface area contributed by atoms with Crippen LogP contribution < -0.4 is 4.80 Å². The highest BCUT2D eigenvalue weighted by Gasteiger charge is 2.14. The summed E-state index contributed by atoms with van der Waals surface area (Å²) in [7, 11) is 1.89. The Labute approximate surface area is 150 Å². The van der Waals surface area contributed by atoms with Crippen molar-refractivity contribution in [2.24, 2.45) is 12.0 Å². The third-order valence-electron chi connectivity index (χ3n) is 4.11. The molecule has 0 saturated carbocycles. The molecule has 2 aromatic carbocycles. The fourth-order valence-corrected chi connectivity index (χ4v) is 3.84. The van der Waals surface area contributed by atoms with Crippen LogP contribution in [-0.2, 0) is 13.5 Å². The Balaban J connectivity index is 2.11. The van der Waals surface area contributed by atoms with Crippen molar-refractivity contribution in [2.75, 3.05) is 0 Å². The Morgan fingerprint density at radius 3 is 2.48 bits per heavy atom. The predicted molar refractivity (Wildman–Crippen MR) is 99.1 cm³/mol. The van der Waals surface area contributed by atoms with E-state index in [1.807, 2.05) is 36.7 Å². The second-order valence-electron chi connectivity index (χ2n) is 5.81. The molecule has 0 aliphatic rings. The first-order valence-electron chi connectivity index (χ1n) is 8.10. The molecule has 0 unspecified atom stereocenters. The molecule has 0 fully saturated rings. The summed E-state index contributed by atoms with van der Waals surface area (Å²) in [6.45, 7) is 3.96. The highest BCUT2D eigenvalue weighted by Crippen LogP contribution is 2.26. The highest BCUT2D eigenvalue weighted by atomic mass is 32.1. The van der Waals surface area contributed by atoms with Gasteiger partial charge >= 0.3 is 0 Å². The summed E-state index contributed by atoms with van der Waals surface area (Å²) in [5.41, 5.74) is 3.41. The number of benzene rings is 2. The lowest BCUT2D eigenvalue weighted by Gasteiger charge is -2.06. The Hall–Kier alpha value is -2.53. The number of rotatable bonds is 3. The van der Waals surface area contributed by atoms with E-state index in [0.29, 0.717) is 10.4 Å². The van der Waals surface area contributed by atoms with Crippen LogP contribution in [0.1, 0.15) is 27.7 Å². The minimum absolute atomic E-state index is 0.247. The smallest absolute Gasteiger partial charge is 0.279 e. The molecule has 0 spiro atoms. The number of aryl methyl sites for hydroxylation is 2. The van der Waals surface area contributed by atoms with Crippen molar-refractivity contribution in [1.82, 2.24) is 4.57 Å². The van der Waals surface area contributed by atoms with E-state index in [-0.39, 0.29) is 11.7 Å². The van der Waals surface area contributed by atoms with E-state index in [0.717, 1.165) is 28.1 Å². The number of aromatic nitrogens is 1. The van der Waals surface area contributed by atoms with E-state index in [1.165, 1.54) is 23.5 Å². The van der Waals surface area contributed by atoms with Crippen molar-refractivity contribution < 1.29 is 9.18 Å². The fraction of sp³-hybridized carbons (Fsp3) is 0.200. The molecule has 0 aliphatic heterocycles. The zero-order valence-electron chi connectivity index (χ0n) is 14.4. The average molecular weight is 354 g/mol. The Morgan fingerprint density at radius 2 is 1.84 bits per heavy atom. The van der Waals surface area contributed by atoms with E-state index >= 15 is 0 Å². The summed E-state index contributed by atoms with van der Waals surface area (Å²) in [6.07, 6.45) is 0.819. The molecule has 1 amide bonds. The number of carbonyl (C=O) groups excluding carboxylic acids is 1. The van der Waals surface area contributed by atoms with Gasteiger partial charge in [0.2, 0.25) is 0 Å². The third kappa shape index (κ3) is 3.46. The number of hydrogen-bond donors (Lipinski definition) is 0. The van der Waals surface area contributed by atoms with Crippen LogP contribution in [0.3, 0.4) is 0 Å². The molecule has 128 valence electrons. The van der Waals surface area contributed by atoms with Crippen LogP contribution in [-0.4, -0.2) is 10.5 Å². The van der Waals surface area contributed by atoms with Crippen LogP contribution >= 0.6 is 11.3 Å². The van der Waals surface area contributed by atoms with Crippen molar-refractivity contribution in [2.45, 2.75) is 20.3 Å². The van der Waals surface area contributed by atoms with Gasteiger partial charge < -0.3 is 4.57 Å². The van der Waals surface area contributed by atoms with Crippen molar-refractivity contribution in [1.29, 1.82) is 0 Å². The van der Waals surface area contributed by atoms with E-state index in [1.54, 1.807) is 18.2 Å². The maximum absolute atomic E-state index is 13.2. The first-order chi connectivity index (χ1) is 12.0. The van der Waals surface area contributed by atoms with Gasteiger partial charge in [-0.25, -0.2) is 4.39 Å². The van der Waals surface area contributed by atoms with Crippen LogP contribution in [0.4, 0.5) is 4.39 Å². The lowest BCUT2D eigenvalue weighted by atomic mass is 10.1. The molecule has 1 heterocycles. The molecular weight excluding hydrogens is 335 g/mol. The molecule has 0 atom stereocenters. The van der Waals surface area contributed by atoms with Gasteiger partial charge in [0.1, 0.15) is 5.82 Å². The van der Waals surface area contributed by atoms with Crippen molar-refractivity contribution >= 4 is 17.2 Å². The van der Waals surface area contributed by atoms with Crippen LogP contribution in [0, 0.1) is 12.7 Å². The van der Waals surface area contributed by atoms with Gasteiger partial charge in [-0.2, -0.15) is 4.99 Å². The Bertz CT molecular complexity index is 984. The summed E-state index contributed by atoms with van der Waals surface area (Å²) >= 11 is 1.50. The quantitative estimate of drug-likeness (QED) is 0.682. The second kappa shape index (κ2) is 7.15. The molecule has 0 N–H and O–H groups in total. The van der Waals surface area contributed by atoms with Gasteiger partial charge in [-0.05, 0) is 54.8 Å². The standard InChI is InChI=1S/C20H19FN2OS/c1-4-17-18(14-9-11-15(21)12-10-14)23(3)20(25-17)22-19(24)16-8-6-5-7-13(16)2/h5-12H,4H2,1-3H3. The summed E-state index contributed by atoms with van der Waals surface area (Å²) in [5.74, 6) is -0.511. The molecule has 1 aromatic heterocycles. The molecule has 5 heteroatoms. The molecule has 0 saturated heterocycles. The Kier molecular flexibility index (Phi) is 4.95. The molecule has 3 nitrogen and oxygen atoms in total. The Morgan fingerprint density at radius 1 is 1.16 bits per heavy atom. The first kappa shape index (κ1) is 17.3. The molecule has 25 heavy (non-hydrogen) atoms. The minimum Gasteiger partial charge on any atom is -0.319 e. The third-order valence-corrected chi connectivity index (χ3v) is 5.39. The van der Waals surface area contributed by atoms with E-state index < -0.39 is 0 Å². The number of thiazole rings is 1. The number of amides is 1. The van der Waals surface area contributed by atoms with Crippen molar-refractivity contribution in [3.63, 3.8) is 0 Å². The lowest BCUT2D eigenvalue weighted by Crippen LogP contribution is -2.14. The number of halogens is 1. The SMILES string of the molecule is CCc1sc(=NC(=O)c2ccccc2C)n(C)c1-c1ccc(F)cc1. The number of nitrogens with zero attached hydrogens (tertiary/aromatic N) is 2. The summed E-state index contributed by atoms with van der Waals surface area (Å²) in [4.78, 5) is 18.6. The summed E-state index contributed by atoms with van der Waals surface area (Å²) < 4.78 is 15.1. The van der Waals surface area contributed by atoms with Gasteiger partial charge in [-0.3, -0.25) is 4.79 Å². The van der Waals surface area contributed by atoms with Crippen LogP contribution in [0.2, 0.25) is 0 Å². The van der Waals surface area contributed by atoms with Gasteiger partial charge in [0.05, 0.1) is 5.69 Å².